The van der Waals surface area contributed by atoms with E-state index < -0.39 is 0 Å². The summed E-state index contributed by atoms with van der Waals surface area (Å²) in [6.45, 7) is 2.55. The second-order valence-electron chi connectivity index (χ2n) is 4.37. The van der Waals surface area contributed by atoms with Crippen molar-refractivity contribution >= 4 is 28.3 Å². The molecule has 0 bridgehead atoms. The van der Waals surface area contributed by atoms with Gasteiger partial charge in [0.25, 0.3) is 0 Å². The summed E-state index contributed by atoms with van der Waals surface area (Å²) in [6, 6.07) is 5.47. The molecule has 2 rings (SSSR count). The van der Waals surface area contributed by atoms with Crippen molar-refractivity contribution in [2.75, 3.05) is 13.1 Å². The topological polar surface area (TPSA) is 29.3 Å². The van der Waals surface area contributed by atoms with Crippen molar-refractivity contribution in [2.24, 2.45) is 5.73 Å². The van der Waals surface area contributed by atoms with Crippen molar-refractivity contribution in [1.29, 1.82) is 0 Å². The Balaban J connectivity index is 0.00000144. The zero-order valence-electron chi connectivity index (χ0n) is 9.53. The number of rotatable bonds is 2. The van der Waals surface area contributed by atoms with Crippen LogP contribution in [0.3, 0.4) is 0 Å². The van der Waals surface area contributed by atoms with Crippen molar-refractivity contribution in [3.8, 4) is 0 Å². The summed E-state index contributed by atoms with van der Waals surface area (Å²) >= 11 is 3.26. The second-order valence-corrected chi connectivity index (χ2v) is 5.29. The summed E-state index contributed by atoms with van der Waals surface area (Å²) in [7, 11) is 0. The quantitative estimate of drug-likeness (QED) is 0.907. The molecule has 1 atom stereocenters. The van der Waals surface area contributed by atoms with Gasteiger partial charge in [0.05, 0.1) is 0 Å². The van der Waals surface area contributed by atoms with Crippen molar-refractivity contribution < 1.29 is 4.39 Å². The maximum Gasteiger partial charge on any atom is 0.128 e. The van der Waals surface area contributed by atoms with E-state index in [9.17, 15) is 4.39 Å². The average molecular weight is 324 g/mol. The summed E-state index contributed by atoms with van der Waals surface area (Å²) in [5, 5.41) is 0. The lowest BCUT2D eigenvalue weighted by atomic mass is 10.1. The molecule has 1 aliphatic heterocycles. The Hall–Kier alpha value is -0.160. The van der Waals surface area contributed by atoms with Crippen LogP contribution in [0.4, 0.5) is 4.39 Å². The minimum atomic E-state index is -0.145. The molecule has 0 amide bonds. The molecule has 2 N–H and O–H groups in total. The van der Waals surface area contributed by atoms with Crippen molar-refractivity contribution in [3.63, 3.8) is 0 Å². The van der Waals surface area contributed by atoms with Crippen LogP contribution in [0, 0.1) is 5.82 Å². The van der Waals surface area contributed by atoms with Gasteiger partial charge < -0.3 is 5.73 Å². The largest absolute Gasteiger partial charge is 0.327 e. The number of likely N-dealkylation sites (tertiary alicyclic amines) is 1. The highest BCUT2D eigenvalue weighted by Gasteiger charge is 2.17. The summed E-state index contributed by atoms with van der Waals surface area (Å²) < 4.78 is 14.4. The molecule has 0 aromatic heterocycles. The zero-order chi connectivity index (χ0) is 11.5. The van der Waals surface area contributed by atoms with Crippen molar-refractivity contribution in [3.05, 3.63) is 34.1 Å². The summed E-state index contributed by atoms with van der Waals surface area (Å²) in [5.41, 5.74) is 6.65. The van der Waals surface area contributed by atoms with Gasteiger partial charge in [0, 0.05) is 29.2 Å². The molecule has 1 heterocycles. The van der Waals surface area contributed by atoms with E-state index in [-0.39, 0.29) is 24.3 Å². The summed E-state index contributed by atoms with van der Waals surface area (Å²) in [6.07, 6.45) is 2.19. The van der Waals surface area contributed by atoms with Crippen LogP contribution in [0.2, 0.25) is 0 Å². The van der Waals surface area contributed by atoms with E-state index in [1.807, 2.05) is 12.1 Å². The van der Waals surface area contributed by atoms with Gasteiger partial charge in [-0.15, -0.1) is 12.4 Å². The molecule has 1 aromatic carbocycles. The van der Waals surface area contributed by atoms with E-state index in [4.69, 9.17) is 5.73 Å². The number of nitrogens with two attached hydrogens (primary N) is 1. The van der Waals surface area contributed by atoms with Gasteiger partial charge in [-0.1, -0.05) is 22.0 Å². The number of halogens is 3. The van der Waals surface area contributed by atoms with Crippen LogP contribution in [0.1, 0.15) is 18.4 Å². The van der Waals surface area contributed by atoms with Gasteiger partial charge in [-0.25, -0.2) is 4.39 Å². The lowest BCUT2D eigenvalue weighted by molar-refractivity contribution is 0.199. The van der Waals surface area contributed by atoms with Gasteiger partial charge in [-0.3, -0.25) is 4.90 Å². The van der Waals surface area contributed by atoms with Gasteiger partial charge >= 0.3 is 0 Å². The Morgan fingerprint density at radius 2 is 2.24 bits per heavy atom. The molecule has 0 saturated carbocycles. The van der Waals surface area contributed by atoms with Crippen LogP contribution < -0.4 is 5.73 Å². The van der Waals surface area contributed by atoms with Gasteiger partial charge in [0.1, 0.15) is 5.82 Å². The van der Waals surface area contributed by atoms with Crippen molar-refractivity contribution in [1.82, 2.24) is 4.90 Å². The standard InChI is InChI=1S/C12H16BrFN2.ClH/c13-10-4-3-9(12(14)6-10)7-16-5-1-2-11(15)8-16;/h3-4,6,11H,1-2,5,7-8,15H2;1H. The van der Waals surface area contributed by atoms with E-state index in [2.05, 4.69) is 20.8 Å². The molecule has 0 aliphatic carbocycles. The van der Waals surface area contributed by atoms with Gasteiger partial charge in [0.15, 0.2) is 0 Å². The molecule has 0 radical (unpaired) electrons. The molecule has 1 unspecified atom stereocenters. The van der Waals surface area contributed by atoms with Gasteiger partial charge in [-0.2, -0.15) is 0 Å². The second kappa shape index (κ2) is 6.69. The summed E-state index contributed by atoms with van der Waals surface area (Å²) in [5.74, 6) is -0.145. The van der Waals surface area contributed by atoms with Crippen molar-refractivity contribution in [2.45, 2.75) is 25.4 Å². The first-order chi connectivity index (χ1) is 7.65. The predicted molar refractivity (Wildman–Crippen MR) is 73.8 cm³/mol. The third kappa shape index (κ3) is 4.21. The fourth-order valence-corrected chi connectivity index (χ4v) is 2.46. The number of hydrogen-bond acceptors (Lipinski definition) is 2. The lowest BCUT2D eigenvalue weighted by Gasteiger charge is -2.30. The number of nitrogens with zero attached hydrogens (tertiary/aromatic N) is 1. The highest BCUT2D eigenvalue weighted by molar-refractivity contribution is 9.10. The molecule has 2 nitrogen and oxygen atoms in total. The number of hydrogen-bond donors (Lipinski definition) is 1. The fraction of sp³-hybridized carbons (Fsp3) is 0.500. The Bertz CT molecular complexity index is 376. The Morgan fingerprint density at radius 1 is 1.47 bits per heavy atom. The van der Waals surface area contributed by atoms with Gasteiger partial charge in [0.2, 0.25) is 0 Å². The highest BCUT2D eigenvalue weighted by Crippen LogP contribution is 2.18. The third-order valence-corrected chi connectivity index (χ3v) is 3.44. The molecule has 0 spiro atoms. The lowest BCUT2D eigenvalue weighted by Crippen LogP contribution is -2.42. The Labute approximate surface area is 116 Å². The smallest absolute Gasteiger partial charge is 0.128 e. The maximum atomic E-state index is 13.6. The van der Waals surface area contributed by atoms with Crippen LogP contribution >= 0.6 is 28.3 Å². The summed E-state index contributed by atoms with van der Waals surface area (Å²) in [4.78, 5) is 2.22. The number of piperidine rings is 1. The molecular weight excluding hydrogens is 307 g/mol. The van der Waals surface area contributed by atoms with Crippen LogP contribution in [-0.2, 0) is 6.54 Å². The predicted octanol–water partition coefficient (Wildman–Crippen LogP) is 2.93. The minimum Gasteiger partial charge on any atom is -0.327 e. The van der Waals surface area contributed by atoms with E-state index >= 15 is 0 Å². The normalized spacial score (nSPS) is 21.0. The molecular formula is C12H17BrClFN2. The highest BCUT2D eigenvalue weighted by atomic mass is 79.9. The minimum absolute atomic E-state index is 0. The third-order valence-electron chi connectivity index (χ3n) is 2.95. The van der Waals surface area contributed by atoms with Crippen LogP contribution in [0.25, 0.3) is 0 Å². The molecule has 1 aromatic rings. The Morgan fingerprint density at radius 3 is 2.88 bits per heavy atom. The monoisotopic (exact) mass is 322 g/mol. The van der Waals surface area contributed by atoms with Crippen LogP contribution in [0.15, 0.2) is 22.7 Å². The molecule has 1 aliphatic rings. The first kappa shape index (κ1) is 14.9. The van der Waals surface area contributed by atoms with E-state index in [1.54, 1.807) is 0 Å². The van der Waals surface area contributed by atoms with E-state index in [0.717, 1.165) is 36.0 Å². The molecule has 1 fully saturated rings. The number of benzene rings is 1. The SMILES string of the molecule is Cl.NC1CCCN(Cc2ccc(Br)cc2F)C1. The zero-order valence-corrected chi connectivity index (χ0v) is 11.9. The first-order valence-electron chi connectivity index (χ1n) is 5.57. The average Bonchev–Trinajstić information content (AvgIpc) is 2.22. The molecule has 96 valence electrons. The van der Waals surface area contributed by atoms with Crippen LogP contribution in [0.5, 0.6) is 0 Å². The van der Waals surface area contributed by atoms with E-state index in [1.165, 1.54) is 6.07 Å². The maximum absolute atomic E-state index is 13.6. The molecule has 1 saturated heterocycles. The van der Waals surface area contributed by atoms with Crippen LogP contribution in [-0.4, -0.2) is 24.0 Å². The molecule has 5 heteroatoms. The first-order valence-corrected chi connectivity index (χ1v) is 6.36. The molecule has 17 heavy (non-hydrogen) atoms. The fourth-order valence-electron chi connectivity index (χ4n) is 2.13. The van der Waals surface area contributed by atoms with E-state index in [0.29, 0.717) is 6.54 Å². The van der Waals surface area contributed by atoms with Gasteiger partial charge in [-0.05, 0) is 31.5 Å². The Kier molecular flexibility index (Phi) is 5.86.